The molecule has 1 atom stereocenters. The first-order chi connectivity index (χ1) is 8.62. The summed E-state index contributed by atoms with van der Waals surface area (Å²) in [4.78, 5) is 0. The molecule has 0 radical (unpaired) electrons. The number of rotatable bonds is 4. The molecule has 88 valence electrons. The van der Waals surface area contributed by atoms with Crippen LogP contribution in [0.3, 0.4) is 0 Å². The number of hydrogen-bond donors (Lipinski definition) is 1. The summed E-state index contributed by atoms with van der Waals surface area (Å²) in [6.07, 6.45) is 0.357. The van der Waals surface area contributed by atoms with Crippen LogP contribution in [0.5, 0.6) is 0 Å². The number of nitriles is 3. The van der Waals surface area contributed by atoms with Gasteiger partial charge in [-0.3, -0.25) is 0 Å². The molecule has 0 aliphatic heterocycles. The Hall–Kier alpha value is -2.64. The summed E-state index contributed by atoms with van der Waals surface area (Å²) < 4.78 is 0. The monoisotopic (exact) mass is 236 g/mol. The molecule has 0 saturated heterocycles. The Labute approximate surface area is 106 Å². The van der Waals surface area contributed by atoms with Crippen molar-refractivity contribution >= 4 is 5.71 Å². The lowest BCUT2D eigenvalue weighted by atomic mass is 9.89. The standard InChI is InChI=1S/C14H12N4/c1-10-2-4-11(5-3-10)6-12(7-15)14(18)13(8-16)9-17/h2-5,12-13,18H,6H2,1H3. The number of hydrogen-bond acceptors (Lipinski definition) is 4. The summed E-state index contributed by atoms with van der Waals surface area (Å²) in [7, 11) is 0. The van der Waals surface area contributed by atoms with Crippen LogP contribution in [-0.2, 0) is 6.42 Å². The summed E-state index contributed by atoms with van der Waals surface area (Å²) in [5.41, 5.74) is 1.92. The van der Waals surface area contributed by atoms with E-state index in [9.17, 15) is 0 Å². The first-order valence-electron chi connectivity index (χ1n) is 5.45. The van der Waals surface area contributed by atoms with Gasteiger partial charge in [-0.05, 0) is 18.9 Å². The fourth-order valence-electron chi connectivity index (χ4n) is 1.55. The average Bonchev–Trinajstić information content (AvgIpc) is 2.39. The molecule has 18 heavy (non-hydrogen) atoms. The van der Waals surface area contributed by atoms with Crippen LogP contribution in [0.15, 0.2) is 24.3 Å². The van der Waals surface area contributed by atoms with Crippen molar-refractivity contribution in [2.45, 2.75) is 13.3 Å². The third-order valence-corrected chi connectivity index (χ3v) is 2.66. The SMILES string of the molecule is Cc1ccc(CC(C#N)C(=N)C(C#N)C#N)cc1. The highest BCUT2D eigenvalue weighted by atomic mass is 14.5. The van der Waals surface area contributed by atoms with Crippen molar-refractivity contribution in [3.63, 3.8) is 0 Å². The van der Waals surface area contributed by atoms with Crippen LogP contribution in [0, 0.1) is 58.2 Å². The van der Waals surface area contributed by atoms with Crippen molar-refractivity contribution in [1.82, 2.24) is 0 Å². The van der Waals surface area contributed by atoms with Gasteiger partial charge < -0.3 is 5.41 Å². The van der Waals surface area contributed by atoms with Gasteiger partial charge >= 0.3 is 0 Å². The van der Waals surface area contributed by atoms with E-state index in [1.54, 1.807) is 12.1 Å². The van der Waals surface area contributed by atoms with Crippen molar-refractivity contribution in [3.05, 3.63) is 35.4 Å². The second-order valence-electron chi connectivity index (χ2n) is 4.02. The van der Waals surface area contributed by atoms with Gasteiger partial charge in [0.1, 0.15) is 0 Å². The van der Waals surface area contributed by atoms with Gasteiger partial charge in [-0.15, -0.1) is 0 Å². The molecule has 0 fully saturated rings. The van der Waals surface area contributed by atoms with Crippen molar-refractivity contribution < 1.29 is 0 Å². The topological polar surface area (TPSA) is 95.2 Å². The quantitative estimate of drug-likeness (QED) is 0.813. The normalized spacial score (nSPS) is 11.1. The van der Waals surface area contributed by atoms with Crippen LogP contribution in [0.25, 0.3) is 0 Å². The summed E-state index contributed by atoms with van der Waals surface area (Å²) in [6, 6.07) is 13.1. The highest BCUT2D eigenvalue weighted by molar-refractivity contribution is 5.92. The molecule has 0 bridgehead atoms. The maximum atomic E-state index is 9.04. The van der Waals surface area contributed by atoms with Crippen LogP contribution in [-0.4, -0.2) is 5.71 Å². The lowest BCUT2D eigenvalue weighted by Gasteiger charge is -2.11. The second-order valence-corrected chi connectivity index (χ2v) is 4.02. The molecule has 1 aromatic carbocycles. The molecule has 0 spiro atoms. The predicted molar refractivity (Wildman–Crippen MR) is 66.4 cm³/mol. The Morgan fingerprint density at radius 3 is 2.11 bits per heavy atom. The van der Waals surface area contributed by atoms with Gasteiger partial charge in [-0.2, -0.15) is 15.8 Å². The van der Waals surface area contributed by atoms with Crippen LogP contribution >= 0.6 is 0 Å². The smallest absolute Gasteiger partial charge is 0.171 e. The molecule has 0 amide bonds. The maximum Gasteiger partial charge on any atom is 0.171 e. The Morgan fingerprint density at radius 1 is 1.11 bits per heavy atom. The molecule has 4 nitrogen and oxygen atoms in total. The van der Waals surface area contributed by atoms with Gasteiger partial charge in [0.2, 0.25) is 0 Å². The fraction of sp³-hybridized carbons (Fsp3) is 0.286. The van der Waals surface area contributed by atoms with Crippen molar-refractivity contribution in [2.75, 3.05) is 0 Å². The molecule has 0 aliphatic carbocycles. The number of aryl methyl sites for hydroxylation is 1. The van der Waals surface area contributed by atoms with Crippen LogP contribution in [0.1, 0.15) is 11.1 Å². The zero-order valence-corrected chi connectivity index (χ0v) is 10.0. The van der Waals surface area contributed by atoms with Gasteiger partial charge in [-0.25, -0.2) is 0 Å². The number of nitrogens with zero attached hydrogens (tertiary/aromatic N) is 3. The minimum Gasteiger partial charge on any atom is -0.306 e. The van der Waals surface area contributed by atoms with E-state index in [-0.39, 0.29) is 5.71 Å². The lowest BCUT2D eigenvalue weighted by Crippen LogP contribution is -2.21. The zero-order chi connectivity index (χ0) is 13.5. The number of benzene rings is 1. The minimum absolute atomic E-state index is 0.122. The molecule has 0 saturated carbocycles. The zero-order valence-electron chi connectivity index (χ0n) is 10.0. The molecular weight excluding hydrogens is 224 g/mol. The molecule has 4 heteroatoms. The van der Waals surface area contributed by atoms with Crippen molar-refractivity contribution in [3.8, 4) is 18.2 Å². The largest absolute Gasteiger partial charge is 0.306 e. The summed E-state index contributed by atoms with van der Waals surface area (Å²) >= 11 is 0. The van der Waals surface area contributed by atoms with Gasteiger partial charge in [0.15, 0.2) is 5.92 Å². The molecule has 0 aliphatic rings. The molecule has 1 N–H and O–H groups in total. The molecule has 1 aromatic rings. The molecule has 0 heterocycles. The first-order valence-corrected chi connectivity index (χ1v) is 5.45. The van der Waals surface area contributed by atoms with Gasteiger partial charge in [0.05, 0.1) is 29.8 Å². The van der Waals surface area contributed by atoms with Gasteiger partial charge in [0.25, 0.3) is 0 Å². The molecule has 1 unspecified atom stereocenters. The molecular formula is C14H12N4. The fourth-order valence-corrected chi connectivity index (χ4v) is 1.55. The van der Waals surface area contributed by atoms with Gasteiger partial charge in [-0.1, -0.05) is 29.8 Å². The van der Waals surface area contributed by atoms with Gasteiger partial charge in [0, 0.05) is 0 Å². The third-order valence-electron chi connectivity index (χ3n) is 2.66. The van der Waals surface area contributed by atoms with E-state index in [0.29, 0.717) is 6.42 Å². The van der Waals surface area contributed by atoms with Crippen LogP contribution < -0.4 is 0 Å². The Kier molecular flexibility index (Phi) is 4.61. The molecule has 0 aromatic heterocycles. The summed E-state index contributed by atoms with van der Waals surface area (Å²) in [5, 5.41) is 34.2. The van der Waals surface area contributed by atoms with Crippen molar-refractivity contribution in [2.24, 2.45) is 11.8 Å². The predicted octanol–water partition coefficient (Wildman–Crippen LogP) is 2.36. The van der Waals surface area contributed by atoms with E-state index in [2.05, 4.69) is 0 Å². The Morgan fingerprint density at radius 2 is 1.67 bits per heavy atom. The maximum absolute atomic E-state index is 9.04. The van der Waals surface area contributed by atoms with Crippen molar-refractivity contribution in [1.29, 1.82) is 21.2 Å². The minimum atomic E-state index is -1.14. The Bertz CT molecular complexity index is 537. The average molecular weight is 236 g/mol. The van der Waals surface area contributed by atoms with E-state index >= 15 is 0 Å². The highest BCUT2D eigenvalue weighted by Crippen LogP contribution is 2.14. The third kappa shape index (κ3) is 3.17. The van der Waals surface area contributed by atoms with E-state index in [1.807, 2.05) is 37.3 Å². The van der Waals surface area contributed by atoms with E-state index in [4.69, 9.17) is 21.2 Å². The van der Waals surface area contributed by atoms with E-state index in [0.717, 1.165) is 11.1 Å². The van der Waals surface area contributed by atoms with Crippen LogP contribution in [0.4, 0.5) is 0 Å². The first kappa shape index (κ1) is 13.4. The molecule has 1 rings (SSSR count). The van der Waals surface area contributed by atoms with Crippen LogP contribution in [0.2, 0.25) is 0 Å². The summed E-state index contributed by atoms with van der Waals surface area (Å²) in [6.45, 7) is 1.97. The lowest BCUT2D eigenvalue weighted by molar-refractivity contribution is 0.821. The van der Waals surface area contributed by atoms with E-state index < -0.39 is 11.8 Å². The summed E-state index contributed by atoms with van der Waals surface area (Å²) in [5.74, 6) is -1.86. The Balaban J connectivity index is 2.84. The number of nitrogens with one attached hydrogen (secondary N) is 1. The highest BCUT2D eigenvalue weighted by Gasteiger charge is 2.23. The second kappa shape index (κ2) is 6.18. The van der Waals surface area contributed by atoms with E-state index in [1.165, 1.54) is 0 Å².